The van der Waals surface area contributed by atoms with Crippen LogP contribution in [0, 0.1) is 13.8 Å². The van der Waals surface area contributed by atoms with E-state index in [0.717, 1.165) is 15.4 Å². The van der Waals surface area contributed by atoms with Gasteiger partial charge in [0, 0.05) is 13.6 Å². The number of carbonyl (C=O) groups excluding carboxylic acids is 2. The van der Waals surface area contributed by atoms with Crippen LogP contribution in [0.2, 0.25) is 0 Å². The van der Waals surface area contributed by atoms with Crippen LogP contribution < -0.4 is 14.4 Å². The molecule has 1 unspecified atom stereocenters. The maximum absolute atomic E-state index is 13.8. The van der Waals surface area contributed by atoms with Crippen LogP contribution in [0.25, 0.3) is 0 Å². The first-order chi connectivity index (χ1) is 17.6. The van der Waals surface area contributed by atoms with Crippen molar-refractivity contribution in [2.75, 3.05) is 25.0 Å². The Hall–Kier alpha value is -3.85. The molecular weight excluding hydrogens is 490 g/mol. The van der Waals surface area contributed by atoms with Crippen LogP contribution in [0.1, 0.15) is 23.6 Å². The second-order valence-corrected chi connectivity index (χ2v) is 10.6. The minimum Gasteiger partial charge on any atom is -0.497 e. The summed E-state index contributed by atoms with van der Waals surface area (Å²) in [5, 5.41) is 2.58. The van der Waals surface area contributed by atoms with E-state index in [1.807, 2.05) is 32.0 Å². The summed E-state index contributed by atoms with van der Waals surface area (Å²) in [7, 11) is -1.05. The summed E-state index contributed by atoms with van der Waals surface area (Å²) in [5.41, 5.74) is 2.83. The van der Waals surface area contributed by atoms with Crippen LogP contribution in [0.15, 0.2) is 77.7 Å². The molecule has 0 saturated heterocycles. The lowest BCUT2D eigenvalue weighted by Gasteiger charge is -2.32. The van der Waals surface area contributed by atoms with E-state index in [-0.39, 0.29) is 17.3 Å². The largest absolute Gasteiger partial charge is 0.497 e. The molecule has 2 amide bonds. The number of anilines is 1. The molecule has 0 aliphatic rings. The third kappa shape index (κ3) is 6.48. The van der Waals surface area contributed by atoms with E-state index in [2.05, 4.69) is 5.32 Å². The number of hydrogen-bond donors (Lipinski definition) is 1. The van der Waals surface area contributed by atoms with Crippen molar-refractivity contribution in [3.05, 3.63) is 89.5 Å². The van der Waals surface area contributed by atoms with Crippen LogP contribution in [0.5, 0.6) is 5.75 Å². The van der Waals surface area contributed by atoms with Crippen molar-refractivity contribution in [3.8, 4) is 5.75 Å². The van der Waals surface area contributed by atoms with Gasteiger partial charge < -0.3 is 15.0 Å². The van der Waals surface area contributed by atoms with Crippen molar-refractivity contribution in [1.82, 2.24) is 10.2 Å². The van der Waals surface area contributed by atoms with Crippen LogP contribution >= 0.6 is 0 Å². The highest BCUT2D eigenvalue weighted by Gasteiger charge is 2.32. The molecule has 3 aromatic rings. The molecule has 9 heteroatoms. The van der Waals surface area contributed by atoms with Gasteiger partial charge in [-0.05, 0) is 62.2 Å². The normalized spacial score (nSPS) is 11.9. The number of hydrogen-bond acceptors (Lipinski definition) is 5. The van der Waals surface area contributed by atoms with Crippen LogP contribution in [-0.2, 0) is 26.2 Å². The zero-order valence-corrected chi connectivity index (χ0v) is 22.6. The molecule has 1 atom stereocenters. The number of aryl methyl sites for hydroxylation is 2. The van der Waals surface area contributed by atoms with Crippen molar-refractivity contribution in [2.45, 2.75) is 38.3 Å². The van der Waals surface area contributed by atoms with Gasteiger partial charge in [0.25, 0.3) is 10.0 Å². The monoisotopic (exact) mass is 523 g/mol. The molecule has 0 fully saturated rings. The van der Waals surface area contributed by atoms with Crippen molar-refractivity contribution >= 4 is 27.5 Å². The Labute approximate surface area is 218 Å². The summed E-state index contributed by atoms with van der Waals surface area (Å²) in [6, 6.07) is 19.7. The highest BCUT2D eigenvalue weighted by molar-refractivity contribution is 7.92. The van der Waals surface area contributed by atoms with Crippen molar-refractivity contribution < 1.29 is 22.7 Å². The van der Waals surface area contributed by atoms with Gasteiger partial charge in [0.2, 0.25) is 11.8 Å². The standard InChI is InChI=1S/C28H33N3O5S/c1-20-14-15-26(21(2)16-20)31(37(34,35)25-12-7-6-8-13-25)19-27(32)30(22(3)28(33)29-4)18-23-10-9-11-24(17-23)36-5/h6-17,22H,18-19H2,1-5H3,(H,29,33). The Morgan fingerprint density at radius 2 is 1.68 bits per heavy atom. The first kappa shape index (κ1) is 27.7. The van der Waals surface area contributed by atoms with E-state index in [1.165, 1.54) is 24.1 Å². The molecule has 1 N–H and O–H groups in total. The molecule has 0 spiro atoms. The van der Waals surface area contributed by atoms with E-state index >= 15 is 0 Å². The van der Waals surface area contributed by atoms with E-state index in [4.69, 9.17) is 4.74 Å². The van der Waals surface area contributed by atoms with Crippen LogP contribution in [0.3, 0.4) is 0 Å². The Bertz CT molecular complexity index is 1360. The summed E-state index contributed by atoms with van der Waals surface area (Å²) in [5.74, 6) is -0.264. The number of rotatable bonds is 10. The molecule has 0 aliphatic carbocycles. The summed E-state index contributed by atoms with van der Waals surface area (Å²) >= 11 is 0. The van der Waals surface area contributed by atoms with Crippen molar-refractivity contribution in [3.63, 3.8) is 0 Å². The van der Waals surface area contributed by atoms with Gasteiger partial charge in [-0.25, -0.2) is 8.42 Å². The Balaban J connectivity index is 2.06. The molecule has 0 bridgehead atoms. The molecule has 3 rings (SSSR count). The first-order valence-electron chi connectivity index (χ1n) is 11.9. The average molecular weight is 524 g/mol. The smallest absolute Gasteiger partial charge is 0.264 e. The third-order valence-corrected chi connectivity index (χ3v) is 7.91. The van der Waals surface area contributed by atoms with Crippen molar-refractivity contribution in [2.24, 2.45) is 0 Å². The van der Waals surface area contributed by atoms with Gasteiger partial charge >= 0.3 is 0 Å². The maximum Gasteiger partial charge on any atom is 0.264 e. The van der Waals surface area contributed by atoms with Gasteiger partial charge in [0.05, 0.1) is 17.7 Å². The maximum atomic E-state index is 13.8. The minimum absolute atomic E-state index is 0.0708. The van der Waals surface area contributed by atoms with E-state index in [9.17, 15) is 18.0 Å². The van der Waals surface area contributed by atoms with Crippen molar-refractivity contribution in [1.29, 1.82) is 0 Å². The fraction of sp³-hybridized carbons (Fsp3) is 0.286. The number of nitrogens with one attached hydrogen (secondary N) is 1. The predicted molar refractivity (Wildman–Crippen MR) is 144 cm³/mol. The number of likely N-dealkylation sites (N-methyl/N-ethyl adjacent to an activating group) is 1. The number of ether oxygens (including phenoxy) is 1. The minimum atomic E-state index is -4.09. The molecular formula is C28H33N3O5S. The molecule has 0 aliphatic heterocycles. The fourth-order valence-electron chi connectivity index (χ4n) is 4.08. The topological polar surface area (TPSA) is 96.0 Å². The number of nitrogens with zero attached hydrogens (tertiary/aromatic N) is 2. The fourth-order valence-corrected chi connectivity index (χ4v) is 5.58. The molecule has 0 aromatic heterocycles. The van der Waals surface area contributed by atoms with Gasteiger partial charge in [-0.2, -0.15) is 0 Å². The van der Waals surface area contributed by atoms with Gasteiger partial charge in [0.15, 0.2) is 0 Å². The Morgan fingerprint density at radius 1 is 0.973 bits per heavy atom. The molecule has 0 radical (unpaired) electrons. The van der Waals surface area contributed by atoms with Gasteiger partial charge in [-0.1, -0.05) is 48.0 Å². The zero-order valence-electron chi connectivity index (χ0n) is 21.8. The molecule has 0 saturated carbocycles. The summed E-state index contributed by atoms with van der Waals surface area (Å²) in [4.78, 5) is 27.8. The molecule has 196 valence electrons. The highest BCUT2D eigenvalue weighted by atomic mass is 32.2. The van der Waals surface area contributed by atoms with Gasteiger partial charge in [-0.15, -0.1) is 0 Å². The third-order valence-electron chi connectivity index (χ3n) is 6.13. The highest BCUT2D eigenvalue weighted by Crippen LogP contribution is 2.28. The number of amides is 2. The molecule has 3 aromatic carbocycles. The number of carbonyl (C=O) groups is 2. The zero-order chi connectivity index (χ0) is 27.2. The number of benzene rings is 3. The lowest BCUT2D eigenvalue weighted by atomic mass is 10.1. The summed E-state index contributed by atoms with van der Waals surface area (Å²) in [6.45, 7) is 4.95. The van der Waals surface area contributed by atoms with Crippen LogP contribution in [0.4, 0.5) is 5.69 Å². The molecule has 37 heavy (non-hydrogen) atoms. The van der Waals surface area contributed by atoms with E-state index < -0.39 is 28.5 Å². The average Bonchev–Trinajstić information content (AvgIpc) is 2.90. The lowest BCUT2D eigenvalue weighted by molar-refractivity contribution is -0.139. The Kier molecular flexibility index (Phi) is 8.94. The Morgan fingerprint density at radius 3 is 2.30 bits per heavy atom. The quantitative estimate of drug-likeness (QED) is 0.438. The number of sulfonamides is 1. The van der Waals surface area contributed by atoms with Gasteiger partial charge in [-0.3, -0.25) is 13.9 Å². The summed E-state index contributed by atoms with van der Waals surface area (Å²) < 4.78 is 34.0. The number of methoxy groups -OCH3 is 1. The second kappa shape index (κ2) is 11.9. The molecule has 0 heterocycles. The van der Waals surface area contributed by atoms with Crippen LogP contribution in [-0.4, -0.2) is 51.9 Å². The predicted octanol–water partition coefficient (Wildman–Crippen LogP) is 3.67. The van der Waals surface area contributed by atoms with E-state index in [0.29, 0.717) is 17.0 Å². The summed E-state index contributed by atoms with van der Waals surface area (Å²) in [6.07, 6.45) is 0. The SMILES string of the molecule is CNC(=O)C(C)N(Cc1cccc(OC)c1)C(=O)CN(c1ccc(C)cc1C)S(=O)(=O)c1ccccc1. The van der Waals surface area contributed by atoms with Gasteiger partial charge in [0.1, 0.15) is 18.3 Å². The first-order valence-corrected chi connectivity index (χ1v) is 13.3. The lowest BCUT2D eigenvalue weighted by Crippen LogP contribution is -2.50. The second-order valence-electron chi connectivity index (χ2n) is 8.78. The van der Waals surface area contributed by atoms with E-state index in [1.54, 1.807) is 56.5 Å². The molecule has 8 nitrogen and oxygen atoms in total.